The zero-order valence-electron chi connectivity index (χ0n) is 10.5. The van der Waals surface area contributed by atoms with Crippen LogP contribution in [0.25, 0.3) is 0 Å². The number of hydrogen-bond acceptors (Lipinski definition) is 4. The average Bonchev–Trinajstić information content (AvgIpc) is 2.37. The lowest BCUT2D eigenvalue weighted by Gasteiger charge is -2.23. The summed E-state index contributed by atoms with van der Waals surface area (Å²) in [4.78, 5) is 11.7. The maximum absolute atomic E-state index is 11.7. The molecule has 5 nitrogen and oxygen atoms in total. The second kappa shape index (κ2) is 8.44. The molecular weight excluding hydrogens is 222 g/mol. The highest BCUT2D eigenvalue weighted by atomic mass is 16.6. The number of amides is 1. The average molecular weight is 245 g/mol. The molecule has 1 fully saturated rings. The first-order valence-corrected chi connectivity index (χ1v) is 6.35. The van der Waals surface area contributed by atoms with Crippen LogP contribution in [0.1, 0.15) is 26.2 Å². The van der Waals surface area contributed by atoms with Crippen LogP contribution in [-0.4, -0.2) is 50.1 Å². The minimum Gasteiger partial charge on any atom is -0.396 e. The maximum Gasteiger partial charge on any atom is 0.251 e. The second-order valence-electron chi connectivity index (χ2n) is 4.35. The molecule has 2 unspecified atom stereocenters. The zero-order chi connectivity index (χ0) is 12.5. The third-order valence-electron chi connectivity index (χ3n) is 2.91. The highest BCUT2D eigenvalue weighted by Crippen LogP contribution is 2.09. The third-order valence-corrected chi connectivity index (χ3v) is 2.91. The molecule has 1 aliphatic rings. The van der Waals surface area contributed by atoms with E-state index in [-0.39, 0.29) is 12.5 Å². The van der Waals surface area contributed by atoms with Crippen LogP contribution in [0.2, 0.25) is 0 Å². The fraction of sp³-hybridized carbons (Fsp3) is 0.917. The topological polar surface area (TPSA) is 67.8 Å². The van der Waals surface area contributed by atoms with E-state index in [0.717, 1.165) is 19.3 Å². The number of aliphatic hydroxyl groups excluding tert-OH is 1. The predicted molar refractivity (Wildman–Crippen MR) is 63.7 cm³/mol. The van der Waals surface area contributed by atoms with Crippen molar-refractivity contribution in [2.45, 2.75) is 32.3 Å². The van der Waals surface area contributed by atoms with Crippen molar-refractivity contribution in [1.29, 1.82) is 0 Å². The van der Waals surface area contributed by atoms with Crippen molar-refractivity contribution in [3.8, 4) is 0 Å². The molecule has 1 aliphatic heterocycles. The fourth-order valence-corrected chi connectivity index (χ4v) is 1.94. The molecule has 2 N–H and O–H groups in total. The van der Waals surface area contributed by atoms with E-state index in [1.807, 2.05) is 0 Å². The van der Waals surface area contributed by atoms with Crippen LogP contribution < -0.4 is 5.32 Å². The van der Waals surface area contributed by atoms with Crippen molar-refractivity contribution in [3.63, 3.8) is 0 Å². The van der Waals surface area contributed by atoms with E-state index in [4.69, 9.17) is 14.6 Å². The molecule has 0 saturated carbocycles. The van der Waals surface area contributed by atoms with Crippen LogP contribution in [-0.2, 0) is 14.3 Å². The summed E-state index contributed by atoms with van der Waals surface area (Å²) in [5, 5.41) is 11.8. The number of aliphatic hydroxyl groups is 1. The maximum atomic E-state index is 11.7. The van der Waals surface area contributed by atoms with Crippen molar-refractivity contribution in [2.24, 2.45) is 5.92 Å². The lowest BCUT2D eigenvalue weighted by Crippen LogP contribution is -2.44. The molecule has 1 saturated heterocycles. The van der Waals surface area contributed by atoms with Crippen LogP contribution >= 0.6 is 0 Å². The molecule has 0 radical (unpaired) electrons. The Bertz CT molecular complexity index is 211. The zero-order valence-corrected chi connectivity index (χ0v) is 10.5. The van der Waals surface area contributed by atoms with Crippen LogP contribution in [0.3, 0.4) is 0 Å². The molecule has 0 spiro atoms. The smallest absolute Gasteiger partial charge is 0.251 e. The first kappa shape index (κ1) is 14.4. The quantitative estimate of drug-likeness (QED) is 0.677. The van der Waals surface area contributed by atoms with Gasteiger partial charge in [0.25, 0.3) is 5.91 Å². The molecule has 2 atom stereocenters. The number of carbonyl (C=O) groups is 1. The van der Waals surface area contributed by atoms with Gasteiger partial charge in [-0.05, 0) is 18.8 Å². The molecule has 0 aromatic carbocycles. The Balaban J connectivity index is 2.24. The fourth-order valence-electron chi connectivity index (χ4n) is 1.94. The molecule has 1 heterocycles. The highest BCUT2D eigenvalue weighted by Gasteiger charge is 2.22. The number of hydrogen-bond donors (Lipinski definition) is 2. The van der Waals surface area contributed by atoms with Crippen LogP contribution in [0.4, 0.5) is 0 Å². The lowest BCUT2D eigenvalue weighted by molar-refractivity contribution is -0.147. The standard InChI is InChI=1S/C12H23NO4/c1-2-3-10(4-5-14)8-13-12(15)11-9-16-6-7-17-11/h10-11,14H,2-9H2,1H3,(H,13,15). The Kier molecular flexibility index (Phi) is 7.16. The Morgan fingerprint density at radius 3 is 2.88 bits per heavy atom. The van der Waals surface area contributed by atoms with E-state index >= 15 is 0 Å². The van der Waals surface area contributed by atoms with Gasteiger partial charge in [-0.15, -0.1) is 0 Å². The number of carbonyl (C=O) groups excluding carboxylic acids is 1. The number of rotatable bonds is 7. The van der Waals surface area contributed by atoms with Crippen molar-refractivity contribution in [2.75, 3.05) is 33.0 Å². The van der Waals surface area contributed by atoms with Crippen molar-refractivity contribution in [1.82, 2.24) is 5.32 Å². The number of ether oxygens (including phenoxy) is 2. The molecule has 100 valence electrons. The Labute approximate surface area is 102 Å². The van der Waals surface area contributed by atoms with Crippen molar-refractivity contribution < 1.29 is 19.4 Å². The summed E-state index contributed by atoms with van der Waals surface area (Å²) in [7, 11) is 0. The Morgan fingerprint density at radius 2 is 2.29 bits per heavy atom. The molecule has 0 aromatic heterocycles. The molecule has 0 aliphatic carbocycles. The molecule has 0 aromatic rings. The lowest BCUT2D eigenvalue weighted by atomic mass is 10.0. The van der Waals surface area contributed by atoms with E-state index in [9.17, 15) is 4.79 Å². The monoisotopic (exact) mass is 245 g/mol. The first-order chi connectivity index (χ1) is 8.27. The Morgan fingerprint density at radius 1 is 1.47 bits per heavy atom. The van der Waals surface area contributed by atoms with Crippen LogP contribution in [0.5, 0.6) is 0 Å². The van der Waals surface area contributed by atoms with Gasteiger partial charge in [-0.2, -0.15) is 0 Å². The van der Waals surface area contributed by atoms with Crippen molar-refractivity contribution >= 4 is 5.91 Å². The minimum atomic E-state index is -0.472. The molecule has 1 rings (SSSR count). The molecular formula is C12H23NO4. The summed E-state index contributed by atoms with van der Waals surface area (Å²) >= 11 is 0. The first-order valence-electron chi connectivity index (χ1n) is 6.35. The van der Waals surface area contributed by atoms with Crippen molar-refractivity contribution in [3.05, 3.63) is 0 Å². The van der Waals surface area contributed by atoms with Crippen LogP contribution in [0, 0.1) is 5.92 Å². The van der Waals surface area contributed by atoms with E-state index < -0.39 is 6.10 Å². The van der Waals surface area contributed by atoms with Gasteiger partial charge in [-0.1, -0.05) is 13.3 Å². The molecule has 1 amide bonds. The SMILES string of the molecule is CCCC(CCO)CNC(=O)C1COCCO1. The van der Waals surface area contributed by atoms with E-state index in [0.29, 0.717) is 32.3 Å². The molecule has 0 bridgehead atoms. The summed E-state index contributed by atoms with van der Waals surface area (Å²) < 4.78 is 10.5. The van der Waals surface area contributed by atoms with Gasteiger partial charge in [0.15, 0.2) is 6.10 Å². The van der Waals surface area contributed by atoms with Gasteiger partial charge in [0.2, 0.25) is 0 Å². The normalized spacial score (nSPS) is 22.1. The Hall–Kier alpha value is -0.650. The van der Waals surface area contributed by atoms with Crippen LogP contribution in [0.15, 0.2) is 0 Å². The predicted octanol–water partition coefficient (Wildman–Crippen LogP) is 0.317. The number of nitrogens with one attached hydrogen (secondary N) is 1. The summed E-state index contributed by atoms with van der Waals surface area (Å²) in [6, 6.07) is 0. The molecule has 5 heteroatoms. The van der Waals surface area contributed by atoms with Gasteiger partial charge < -0.3 is 19.9 Å². The van der Waals surface area contributed by atoms with Gasteiger partial charge >= 0.3 is 0 Å². The van der Waals surface area contributed by atoms with Gasteiger partial charge in [-0.25, -0.2) is 0 Å². The van der Waals surface area contributed by atoms with Gasteiger partial charge in [0, 0.05) is 13.2 Å². The largest absolute Gasteiger partial charge is 0.396 e. The van der Waals surface area contributed by atoms with E-state index in [1.165, 1.54) is 0 Å². The van der Waals surface area contributed by atoms with E-state index in [2.05, 4.69) is 12.2 Å². The summed E-state index contributed by atoms with van der Waals surface area (Å²) in [5.41, 5.74) is 0. The third kappa shape index (κ3) is 5.48. The second-order valence-corrected chi connectivity index (χ2v) is 4.35. The van der Waals surface area contributed by atoms with E-state index in [1.54, 1.807) is 0 Å². The molecule has 17 heavy (non-hydrogen) atoms. The highest BCUT2D eigenvalue weighted by molar-refractivity contribution is 5.80. The summed E-state index contributed by atoms with van der Waals surface area (Å²) in [5.74, 6) is 0.238. The minimum absolute atomic E-state index is 0.108. The summed E-state index contributed by atoms with van der Waals surface area (Å²) in [6.45, 7) is 4.26. The van der Waals surface area contributed by atoms with Gasteiger partial charge in [-0.3, -0.25) is 4.79 Å². The van der Waals surface area contributed by atoms with Gasteiger partial charge in [0.1, 0.15) is 0 Å². The summed E-state index contributed by atoms with van der Waals surface area (Å²) in [6.07, 6.45) is 2.34. The van der Waals surface area contributed by atoms with Gasteiger partial charge in [0.05, 0.1) is 19.8 Å².